The third kappa shape index (κ3) is 4.79. The molecule has 30 heavy (non-hydrogen) atoms. The minimum Gasteiger partial charge on any atom is -0.447 e. The molecule has 158 valence electrons. The largest absolute Gasteiger partial charge is 0.447 e. The first kappa shape index (κ1) is 20.3. The highest BCUT2D eigenvalue weighted by Crippen LogP contribution is 2.34. The number of nitrogens with zero attached hydrogens (tertiary/aromatic N) is 2. The monoisotopic (exact) mass is 427 g/mol. The van der Waals surface area contributed by atoms with Crippen molar-refractivity contribution in [3.8, 4) is 0 Å². The lowest BCUT2D eigenvalue weighted by Gasteiger charge is -2.14. The molecular formula is C21H25N5O3S. The number of rotatable bonds is 6. The summed E-state index contributed by atoms with van der Waals surface area (Å²) < 4.78 is 6.22. The van der Waals surface area contributed by atoms with Crippen molar-refractivity contribution < 1.29 is 14.3 Å². The number of nitrogens with one attached hydrogen (secondary N) is 3. The van der Waals surface area contributed by atoms with Gasteiger partial charge in [0.2, 0.25) is 5.91 Å². The highest BCUT2D eigenvalue weighted by Gasteiger charge is 2.29. The fourth-order valence-corrected chi connectivity index (χ4v) is 4.59. The van der Waals surface area contributed by atoms with Gasteiger partial charge in [-0.2, -0.15) is 5.10 Å². The number of carbonyl (C=O) groups excluding carboxylic acids is 2. The SMILES string of the molecule is CC(C)OC(=O)NC1CCC(c2cc(NC(=O)Cc3cccc4scnc34)n[nH]2)C1. The summed E-state index contributed by atoms with van der Waals surface area (Å²) in [6.45, 7) is 3.66. The van der Waals surface area contributed by atoms with Gasteiger partial charge < -0.3 is 15.4 Å². The molecule has 4 rings (SSSR count). The minimum absolute atomic E-state index is 0.0844. The first-order valence-corrected chi connectivity index (χ1v) is 11.0. The number of alkyl carbamates (subject to hydrolysis) is 1. The van der Waals surface area contributed by atoms with E-state index in [9.17, 15) is 9.59 Å². The van der Waals surface area contributed by atoms with Crippen LogP contribution in [-0.4, -0.2) is 39.3 Å². The second kappa shape index (κ2) is 8.83. The first-order chi connectivity index (χ1) is 14.5. The maximum Gasteiger partial charge on any atom is 0.407 e. The fourth-order valence-electron chi connectivity index (χ4n) is 3.87. The van der Waals surface area contributed by atoms with Crippen LogP contribution in [0.1, 0.15) is 50.3 Å². The van der Waals surface area contributed by atoms with Gasteiger partial charge in [0.15, 0.2) is 5.82 Å². The summed E-state index contributed by atoms with van der Waals surface area (Å²) in [5, 5.41) is 13.0. The Balaban J connectivity index is 1.31. The van der Waals surface area contributed by atoms with Gasteiger partial charge in [-0.15, -0.1) is 11.3 Å². The van der Waals surface area contributed by atoms with Crippen LogP contribution in [0.2, 0.25) is 0 Å². The van der Waals surface area contributed by atoms with Crippen LogP contribution in [0.4, 0.5) is 10.6 Å². The van der Waals surface area contributed by atoms with Gasteiger partial charge in [-0.05, 0) is 44.7 Å². The normalized spacial score (nSPS) is 18.6. The van der Waals surface area contributed by atoms with Crippen LogP contribution in [0.3, 0.4) is 0 Å². The molecule has 2 heterocycles. The Morgan fingerprint density at radius 1 is 1.33 bits per heavy atom. The van der Waals surface area contributed by atoms with E-state index in [0.717, 1.165) is 40.7 Å². The number of anilines is 1. The van der Waals surface area contributed by atoms with Gasteiger partial charge in [-0.1, -0.05) is 12.1 Å². The van der Waals surface area contributed by atoms with Gasteiger partial charge >= 0.3 is 6.09 Å². The van der Waals surface area contributed by atoms with Crippen molar-refractivity contribution in [1.29, 1.82) is 0 Å². The number of thiazole rings is 1. The summed E-state index contributed by atoms with van der Waals surface area (Å²) >= 11 is 1.56. The van der Waals surface area contributed by atoms with E-state index in [2.05, 4.69) is 25.8 Å². The summed E-state index contributed by atoms with van der Waals surface area (Å²) in [5.41, 5.74) is 4.53. The van der Waals surface area contributed by atoms with Crippen molar-refractivity contribution in [3.05, 3.63) is 41.0 Å². The van der Waals surface area contributed by atoms with Crippen LogP contribution in [-0.2, 0) is 16.0 Å². The number of aromatic amines is 1. The smallest absolute Gasteiger partial charge is 0.407 e. The van der Waals surface area contributed by atoms with Gasteiger partial charge in [0, 0.05) is 23.7 Å². The second-order valence-corrected chi connectivity index (χ2v) is 8.74. The molecule has 2 aromatic heterocycles. The molecule has 9 heteroatoms. The minimum atomic E-state index is -0.372. The number of amides is 2. The lowest BCUT2D eigenvalue weighted by atomic mass is 10.0. The lowest BCUT2D eigenvalue weighted by Crippen LogP contribution is -2.34. The van der Waals surface area contributed by atoms with Crippen LogP contribution in [0.5, 0.6) is 0 Å². The number of H-pyrrole nitrogens is 1. The molecule has 0 bridgehead atoms. The maximum absolute atomic E-state index is 12.5. The molecule has 1 aliphatic rings. The zero-order valence-electron chi connectivity index (χ0n) is 17.0. The molecule has 8 nitrogen and oxygen atoms in total. The van der Waals surface area contributed by atoms with E-state index in [4.69, 9.17) is 4.74 Å². The predicted molar refractivity (Wildman–Crippen MR) is 116 cm³/mol. The Kier molecular flexibility index (Phi) is 5.98. The molecule has 0 saturated heterocycles. The number of hydrogen-bond donors (Lipinski definition) is 3. The molecule has 1 aromatic carbocycles. The summed E-state index contributed by atoms with van der Waals surface area (Å²) in [4.78, 5) is 28.6. The van der Waals surface area contributed by atoms with Crippen LogP contribution in [0.15, 0.2) is 29.8 Å². The summed E-state index contributed by atoms with van der Waals surface area (Å²) in [5.74, 6) is 0.642. The molecule has 2 unspecified atom stereocenters. The molecule has 2 amide bonds. The zero-order chi connectivity index (χ0) is 21.1. The number of carbonyl (C=O) groups is 2. The average molecular weight is 428 g/mol. The highest BCUT2D eigenvalue weighted by atomic mass is 32.1. The third-order valence-electron chi connectivity index (χ3n) is 5.20. The van der Waals surface area contributed by atoms with Gasteiger partial charge in [0.05, 0.1) is 28.3 Å². The highest BCUT2D eigenvalue weighted by molar-refractivity contribution is 7.16. The fraction of sp³-hybridized carbons (Fsp3) is 0.429. The standard InChI is InChI=1S/C21H25N5O3S/c1-12(2)29-21(28)23-15-7-6-13(8-15)16-10-18(26-25-16)24-19(27)9-14-4-3-5-17-20(14)22-11-30-17/h3-5,10-13,15H,6-9H2,1-2H3,(H,23,28)(H2,24,25,26,27). The molecule has 1 fully saturated rings. The lowest BCUT2D eigenvalue weighted by molar-refractivity contribution is -0.115. The molecular weight excluding hydrogens is 402 g/mol. The van der Waals surface area contributed by atoms with Crippen molar-refractivity contribution in [1.82, 2.24) is 20.5 Å². The Morgan fingerprint density at radius 3 is 3.03 bits per heavy atom. The maximum atomic E-state index is 12.5. The average Bonchev–Trinajstić information content (AvgIpc) is 3.41. The van der Waals surface area contributed by atoms with Crippen molar-refractivity contribution in [2.24, 2.45) is 0 Å². The van der Waals surface area contributed by atoms with Gasteiger partial charge in [0.1, 0.15) is 0 Å². The van der Waals surface area contributed by atoms with E-state index in [0.29, 0.717) is 5.82 Å². The molecule has 0 aliphatic heterocycles. The number of benzene rings is 1. The predicted octanol–water partition coefficient (Wildman–Crippen LogP) is 3.97. The molecule has 0 spiro atoms. The zero-order valence-corrected chi connectivity index (χ0v) is 17.8. The number of aromatic nitrogens is 3. The Hall–Kier alpha value is -2.94. The van der Waals surface area contributed by atoms with Gasteiger partial charge in [0.25, 0.3) is 0 Å². The Bertz CT molecular complexity index is 1040. The van der Waals surface area contributed by atoms with Gasteiger partial charge in [-0.3, -0.25) is 9.89 Å². The van der Waals surface area contributed by atoms with Crippen LogP contribution < -0.4 is 10.6 Å². The topological polar surface area (TPSA) is 109 Å². The molecule has 1 aliphatic carbocycles. The Morgan fingerprint density at radius 2 is 2.20 bits per heavy atom. The van der Waals surface area contributed by atoms with E-state index in [1.54, 1.807) is 16.8 Å². The van der Waals surface area contributed by atoms with E-state index in [1.165, 1.54) is 0 Å². The van der Waals surface area contributed by atoms with Crippen molar-refractivity contribution in [2.45, 2.75) is 57.6 Å². The quantitative estimate of drug-likeness (QED) is 0.551. The van der Waals surface area contributed by atoms with E-state index in [-0.39, 0.29) is 36.5 Å². The molecule has 1 saturated carbocycles. The first-order valence-electron chi connectivity index (χ1n) is 10.1. The van der Waals surface area contributed by atoms with Crippen molar-refractivity contribution >= 4 is 39.4 Å². The number of hydrogen-bond acceptors (Lipinski definition) is 6. The van der Waals surface area contributed by atoms with Crippen molar-refractivity contribution in [3.63, 3.8) is 0 Å². The number of para-hydroxylation sites is 1. The summed E-state index contributed by atoms with van der Waals surface area (Å²) in [6.07, 6.45) is 2.38. The van der Waals surface area contributed by atoms with E-state index >= 15 is 0 Å². The van der Waals surface area contributed by atoms with Crippen molar-refractivity contribution in [2.75, 3.05) is 5.32 Å². The second-order valence-electron chi connectivity index (χ2n) is 7.86. The molecule has 2 atom stereocenters. The molecule has 0 radical (unpaired) electrons. The Labute approximate surface area is 178 Å². The van der Waals surface area contributed by atoms with E-state index < -0.39 is 0 Å². The van der Waals surface area contributed by atoms with Crippen LogP contribution >= 0.6 is 11.3 Å². The summed E-state index contributed by atoms with van der Waals surface area (Å²) in [7, 11) is 0. The van der Waals surface area contributed by atoms with Gasteiger partial charge in [-0.25, -0.2) is 9.78 Å². The van der Waals surface area contributed by atoms with Crippen LogP contribution in [0, 0.1) is 0 Å². The number of ether oxygens (including phenoxy) is 1. The molecule has 3 aromatic rings. The van der Waals surface area contributed by atoms with Crippen LogP contribution in [0.25, 0.3) is 10.2 Å². The van der Waals surface area contributed by atoms with E-state index in [1.807, 2.05) is 38.1 Å². The number of fused-ring (bicyclic) bond motifs is 1. The third-order valence-corrected chi connectivity index (χ3v) is 5.99. The molecule has 3 N–H and O–H groups in total. The summed E-state index contributed by atoms with van der Waals surface area (Å²) in [6, 6.07) is 7.83.